The van der Waals surface area contributed by atoms with Crippen molar-refractivity contribution in [1.29, 1.82) is 0 Å². The van der Waals surface area contributed by atoms with Crippen molar-refractivity contribution in [2.75, 3.05) is 5.75 Å². The lowest BCUT2D eigenvalue weighted by molar-refractivity contribution is -0.139. The van der Waals surface area contributed by atoms with Crippen LogP contribution in [0.1, 0.15) is 31.4 Å². The van der Waals surface area contributed by atoms with Gasteiger partial charge in [0.05, 0.1) is 5.75 Å². The summed E-state index contributed by atoms with van der Waals surface area (Å²) >= 11 is 14.0. The maximum absolute atomic E-state index is 13.6. The summed E-state index contributed by atoms with van der Waals surface area (Å²) in [7, 11) is 0. The van der Waals surface area contributed by atoms with Gasteiger partial charge in [0.2, 0.25) is 11.8 Å². The molecule has 0 aromatic heterocycles. The number of carbonyl (C=O) groups excluding carboxylic acids is 2. The molecule has 0 aliphatic rings. The maximum atomic E-state index is 13.6. The first kappa shape index (κ1) is 27.1. The first-order valence-electron chi connectivity index (χ1n) is 11.6. The third-order valence-electron chi connectivity index (χ3n) is 5.73. The number of hydrogen-bond acceptors (Lipinski definition) is 3. The Morgan fingerprint density at radius 3 is 2.26 bits per heavy atom. The summed E-state index contributed by atoms with van der Waals surface area (Å²) in [5.74, 6) is -0.103. The van der Waals surface area contributed by atoms with Crippen LogP contribution in [0.5, 0.6) is 0 Å². The molecular formula is C28H30Cl2N2O2S. The van der Waals surface area contributed by atoms with Gasteiger partial charge in [-0.2, -0.15) is 0 Å². The van der Waals surface area contributed by atoms with Gasteiger partial charge in [0.1, 0.15) is 6.04 Å². The molecule has 0 radical (unpaired) electrons. The highest BCUT2D eigenvalue weighted by Gasteiger charge is 2.31. The Morgan fingerprint density at radius 2 is 1.63 bits per heavy atom. The smallest absolute Gasteiger partial charge is 0.243 e. The van der Waals surface area contributed by atoms with Crippen molar-refractivity contribution in [3.8, 4) is 0 Å². The Labute approximate surface area is 222 Å². The highest BCUT2D eigenvalue weighted by Crippen LogP contribution is 2.25. The number of nitrogens with zero attached hydrogens (tertiary/aromatic N) is 1. The Balaban J connectivity index is 1.94. The Bertz CT molecular complexity index is 1110. The monoisotopic (exact) mass is 528 g/mol. The van der Waals surface area contributed by atoms with E-state index in [1.807, 2.05) is 74.5 Å². The molecule has 0 fully saturated rings. The van der Waals surface area contributed by atoms with Gasteiger partial charge in [-0.1, -0.05) is 84.7 Å². The fraction of sp³-hybridized carbons (Fsp3) is 0.286. The van der Waals surface area contributed by atoms with Crippen molar-refractivity contribution >= 4 is 46.8 Å². The lowest BCUT2D eigenvalue weighted by Crippen LogP contribution is -2.52. The molecule has 0 aliphatic heterocycles. The second kappa shape index (κ2) is 13.6. The number of benzene rings is 3. The van der Waals surface area contributed by atoms with Crippen LogP contribution in [-0.2, 0) is 22.6 Å². The third kappa shape index (κ3) is 8.31. The molecule has 1 N–H and O–H groups in total. The van der Waals surface area contributed by atoms with Crippen LogP contribution in [0.15, 0.2) is 83.8 Å². The van der Waals surface area contributed by atoms with Gasteiger partial charge in [-0.3, -0.25) is 9.59 Å². The normalized spacial score (nSPS) is 12.6. The molecule has 0 spiro atoms. The van der Waals surface area contributed by atoms with E-state index in [1.54, 1.807) is 23.1 Å². The van der Waals surface area contributed by atoms with E-state index in [9.17, 15) is 9.59 Å². The predicted molar refractivity (Wildman–Crippen MR) is 146 cm³/mol. The van der Waals surface area contributed by atoms with E-state index in [4.69, 9.17) is 23.2 Å². The summed E-state index contributed by atoms with van der Waals surface area (Å²) in [4.78, 5) is 29.8. The number of amides is 2. The van der Waals surface area contributed by atoms with Crippen molar-refractivity contribution in [3.05, 3.63) is 100 Å². The first-order valence-corrected chi connectivity index (χ1v) is 13.4. The molecule has 0 saturated heterocycles. The molecule has 0 saturated carbocycles. The first-order chi connectivity index (χ1) is 16.9. The van der Waals surface area contributed by atoms with Gasteiger partial charge in [0, 0.05) is 33.9 Å². The van der Waals surface area contributed by atoms with E-state index in [1.165, 1.54) is 11.8 Å². The van der Waals surface area contributed by atoms with Crippen LogP contribution < -0.4 is 5.32 Å². The predicted octanol–water partition coefficient (Wildman–Crippen LogP) is 6.64. The summed E-state index contributed by atoms with van der Waals surface area (Å²) < 4.78 is 0. The topological polar surface area (TPSA) is 49.4 Å². The molecule has 0 aliphatic carbocycles. The van der Waals surface area contributed by atoms with Gasteiger partial charge in [-0.25, -0.2) is 0 Å². The van der Waals surface area contributed by atoms with Crippen molar-refractivity contribution in [1.82, 2.24) is 10.2 Å². The van der Waals surface area contributed by atoms with E-state index in [2.05, 4.69) is 5.32 Å². The summed E-state index contributed by atoms with van der Waals surface area (Å²) in [6, 6.07) is 24.0. The van der Waals surface area contributed by atoms with E-state index in [-0.39, 0.29) is 30.2 Å². The number of rotatable bonds is 11. The molecule has 0 bridgehead atoms. The van der Waals surface area contributed by atoms with Crippen LogP contribution in [-0.4, -0.2) is 34.6 Å². The number of carbonyl (C=O) groups is 2. The van der Waals surface area contributed by atoms with E-state index < -0.39 is 6.04 Å². The van der Waals surface area contributed by atoms with Gasteiger partial charge in [0.25, 0.3) is 0 Å². The molecule has 4 nitrogen and oxygen atoms in total. The number of halogens is 2. The second-order valence-corrected chi connectivity index (χ2v) is 10.3. The SMILES string of the molecule is CC[C@@H](C)NC(=O)[C@H](Cc1ccccc1)N(Cc1ccc(Cl)cc1Cl)C(=O)CSc1ccccc1. The highest BCUT2D eigenvalue weighted by atomic mass is 35.5. The number of thioether (sulfide) groups is 1. The molecule has 7 heteroatoms. The minimum absolute atomic E-state index is 0.00413. The third-order valence-corrected chi connectivity index (χ3v) is 7.32. The molecule has 3 aromatic rings. The molecular weight excluding hydrogens is 499 g/mol. The van der Waals surface area contributed by atoms with Gasteiger partial charge in [-0.05, 0) is 48.7 Å². The molecule has 3 aromatic carbocycles. The van der Waals surface area contributed by atoms with Gasteiger partial charge >= 0.3 is 0 Å². The van der Waals surface area contributed by atoms with Crippen molar-refractivity contribution < 1.29 is 9.59 Å². The Morgan fingerprint density at radius 1 is 0.971 bits per heavy atom. The van der Waals surface area contributed by atoms with Crippen molar-refractivity contribution in [3.63, 3.8) is 0 Å². The summed E-state index contributed by atoms with van der Waals surface area (Å²) in [6.45, 7) is 4.19. The lowest BCUT2D eigenvalue weighted by atomic mass is 10.0. The van der Waals surface area contributed by atoms with E-state index in [0.29, 0.717) is 16.5 Å². The average molecular weight is 530 g/mol. The largest absolute Gasteiger partial charge is 0.352 e. The molecule has 2 amide bonds. The zero-order chi connectivity index (χ0) is 25.2. The van der Waals surface area contributed by atoms with Crippen LogP contribution in [0.25, 0.3) is 0 Å². The molecule has 2 atom stereocenters. The number of nitrogens with one attached hydrogen (secondary N) is 1. The Hall–Kier alpha value is -2.47. The van der Waals surface area contributed by atoms with Crippen LogP contribution in [0.4, 0.5) is 0 Å². The second-order valence-electron chi connectivity index (χ2n) is 8.38. The molecule has 184 valence electrons. The van der Waals surface area contributed by atoms with Crippen LogP contribution in [0, 0.1) is 0 Å². The molecule has 0 heterocycles. The summed E-state index contributed by atoms with van der Waals surface area (Å²) in [6.07, 6.45) is 1.20. The zero-order valence-corrected chi connectivity index (χ0v) is 22.2. The maximum Gasteiger partial charge on any atom is 0.243 e. The summed E-state index contributed by atoms with van der Waals surface area (Å²) in [5, 5.41) is 4.06. The van der Waals surface area contributed by atoms with E-state index in [0.717, 1.165) is 22.4 Å². The highest BCUT2D eigenvalue weighted by molar-refractivity contribution is 8.00. The van der Waals surface area contributed by atoms with Gasteiger partial charge in [-0.15, -0.1) is 11.8 Å². The standard InChI is InChI=1S/C28H30Cl2N2O2S/c1-3-20(2)31-28(34)26(16-21-10-6-4-7-11-21)32(18-22-14-15-23(29)17-25(22)30)27(33)19-35-24-12-8-5-9-13-24/h4-15,17,20,26H,3,16,18-19H2,1-2H3,(H,31,34)/t20-,26+/m1/s1. The lowest BCUT2D eigenvalue weighted by Gasteiger charge is -2.32. The van der Waals surface area contributed by atoms with Crippen molar-refractivity contribution in [2.24, 2.45) is 0 Å². The van der Waals surface area contributed by atoms with Crippen LogP contribution in [0.2, 0.25) is 10.0 Å². The van der Waals surface area contributed by atoms with E-state index >= 15 is 0 Å². The fourth-order valence-electron chi connectivity index (χ4n) is 3.57. The molecule has 35 heavy (non-hydrogen) atoms. The summed E-state index contributed by atoms with van der Waals surface area (Å²) in [5.41, 5.74) is 1.72. The van der Waals surface area contributed by atoms with Gasteiger partial charge in [0.15, 0.2) is 0 Å². The Kier molecular flexibility index (Phi) is 10.5. The van der Waals surface area contributed by atoms with Crippen LogP contribution in [0.3, 0.4) is 0 Å². The molecule has 3 rings (SSSR count). The molecule has 0 unspecified atom stereocenters. The zero-order valence-electron chi connectivity index (χ0n) is 19.9. The minimum Gasteiger partial charge on any atom is -0.352 e. The van der Waals surface area contributed by atoms with Crippen molar-refractivity contribution in [2.45, 2.75) is 50.2 Å². The average Bonchev–Trinajstić information content (AvgIpc) is 2.87. The quantitative estimate of drug-likeness (QED) is 0.283. The fourth-order valence-corrected chi connectivity index (χ4v) is 4.85. The van der Waals surface area contributed by atoms with Crippen LogP contribution >= 0.6 is 35.0 Å². The van der Waals surface area contributed by atoms with Gasteiger partial charge < -0.3 is 10.2 Å². The minimum atomic E-state index is -0.693. The number of hydrogen-bond donors (Lipinski definition) is 1.